The van der Waals surface area contributed by atoms with E-state index in [1.165, 1.54) is 0 Å². The molecule has 1 unspecified atom stereocenters. The van der Waals surface area contributed by atoms with Crippen LogP contribution in [0.3, 0.4) is 0 Å². The second kappa shape index (κ2) is 8.80. The van der Waals surface area contributed by atoms with Crippen LogP contribution in [-0.4, -0.2) is 30.4 Å². The number of amides is 1. The molecule has 0 saturated carbocycles. The molecule has 0 saturated heterocycles. The maximum Gasteiger partial charge on any atom is 0.227 e. The van der Waals surface area contributed by atoms with E-state index in [0.29, 0.717) is 11.8 Å². The summed E-state index contributed by atoms with van der Waals surface area (Å²) in [4.78, 5) is 14.2. The third kappa shape index (κ3) is 7.78. The lowest BCUT2D eigenvalue weighted by Crippen LogP contribution is -2.41. The number of rotatable bonds is 7. The number of carbonyl (C=O) groups excluding carboxylic acids is 1. The van der Waals surface area contributed by atoms with Crippen molar-refractivity contribution in [3.63, 3.8) is 0 Å². The fourth-order valence-corrected chi connectivity index (χ4v) is 2.40. The Bertz CT molecular complexity index is 265. The summed E-state index contributed by atoms with van der Waals surface area (Å²) in [6.07, 6.45) is 1.80. The standard InChI is InChI=1S/C15H32N2O.ClH/c1-11(2)10-15(5,6)14(18)17(7)9-8-13(16)12(3)4;/h11-13H,8-10,16H2,1-7H3;1H. The lowest BCUT2D eigenvalue weighted by atomic mass is 9.82. The number of hydrogen-bond acceptors (Lipinski definition) is 2. The van der Waals surface area contributed by atoms with E-state index in [9.17, 15) is 4.79 Å². The van der Waals surface area contributed by atoms with Gasteiger partial charge in [0.15, 0.2) is 0 Å². The highest BCUT2D eigenvalue weighted by Gasteiger charge is 2.31. The third-order valence-electron chi connectivity index (χ3n) is 3.50. The summed E-state index contributed by atoms with van der Waals surface area (Å²) in [7, 11) is 1.89. The van der Waals surface area contributed by atoms with Crippen LogP contribution < -0.4 is 5.73 Å². The summed E-state index contributed by atoms with van der Waals surface area (Å²) < 4.78 is 0. The maximum atomic E-state index is 12.4. The fraction of sp³-hybridized carbons (Fsp3) is 0.933. The van der Waals surface area contributed by atoms with E-state index in [0.717, 1.165) is 19.4 Å². The molecule has 0 heterocycles. The first-order chi connectivity index (χ1) is 8.08. The molecule has 0 aliphatic heterocycles. The van der Waals surface area contributed by atoms with Crippen molar-refractivity contribution >= 4 is 18.3 Å². The molecule has 0 spiro atoms. The van der Waals surface area contributed by atoms with Crippen LogP contribution in [-0.2, 0) is 4.79 Å². The quantitative estimate of drug-likeness (QED) is 0.782. The van der Waals surface area contributed by atoms with Crippen molar-refractivity contribution in [1.29, 1.82) is 0 Å². The van der Waals surface area contributed by atoms with Gasteiger partial charge in [0.05, 0.1) is 0 Å². The first kappa shape index (κ1) is 21.0. The van der Waals surface area contributed by atoms with Gasteiger partial charge in [0.2, 0.25) is 5.91 Å². The van der Waals surface area contributed by atoms with Crippen molar-refractivity contribution < 1.29 is 4.79 Å². The van der Waals surface area contributed by atoms with Gasteiger partial charge in [0, 0.05) is 25.0 Å². The van der Waals surface area contributed by atoms with E-state index >= 15 is 0 Å². The van der Waals surface area contributed by atoms with E-state index < -0.39 is 0 Å². The summed E-state index contributed by atoms with van der Waals surface area (Å²) in [5.74, 6) is 1.24. The summed E-state index contributed by atoms with van der Waals surface area (Å²) in [5.41, 5.74) is 5.74. The second-order valence-corrected chi connectivity index (χ2v) is 6.91. The molecular weight excluding hydrogens is 260 g/mol. The summed E-state index contributed by atoms with van der Waals surface area (Å²) >= 11 is 0. The molecule has 1 atom stereocenters. The zero-order valence-corrected chi connectivity index (χ0v) is 14.5. The van der Waals surface area contributed by atoms with Crippen LogP contribution >= 0.6 is 12.4 Å². The molecule has 0 bridgehead atoms. The molecule has 0 aromatic rings. The van der Waals surface area contributed by atoms with Crippen molar-refractivity contribution in [3.8, 4) is 0 Å². The molecule has 2 N–H and O–H groups in total. The first-order valence-electron chi connectivity index (χ1n) is 7.09. The number of halogens is 1. The molecule has 0 aliphatic carbocycles. The Kier molecular flexibility index (Phi) is 9.74. The van der Waals surface area contributed by atoms with Crippen molar-refractivity contribution in [3.05, 3.63) is 0 Å². The highest BCUT2D eigenvalue weighted by atomic mass is 35.5. The Morgan fingerprint density at radius 2 is 1.68 bits per heavy atom. The lowest BCUT2D eigenvalue weighted by molar-refractivity contribution is -0.139. The molecule has 19 heavy (non-hydrogen) atoms. The summed E-state index contributed by atoms with van der Waals surface area (Å²) in [5, 5.41) is 0. The van der Waals surface area contributed by atoms with Crippen LogP contribution in [0.25, 0.3) is 0 Å². The van der Waals surface area contributed by atoms with Crippen molar-refractivity contribution in [2.75, 3.05) is 13.6 Å². The molecular formula is C15H33ClN2O. The van der Waals surface area contributed by atoms with Gasteiger partial charge in [-0.1, -0.05) is 41.5 Å². The van der Waals surface area contributed by atoms with Gasteiger partial charge in [-0.25, -0.2) is 0 Å². The molecule has 0 aromatic carbocycles. The van der Waals surface area contributed by atoms with Crippen LogP contribution in [0.4, 0.5) is 0 Å². The highest BCUT2D eigenvalue weighted by molar-refractivity contribution is 5.85. The second-order valence-electron chi connectivity index (χ2n) is 6.91. The predicted molar refractivity (Wildman–Crippen MR) is 85.6 cm³/mol. The minimum atomic E-state index is -0.273. The zero-order chi connectivity index (χ0) is 14.5. The molecule has 0 rings (SSSR count). The van der Waals surface area contributed by atoms with Crippen molar-refractivity contribution in [2.24, 2.45) is 23.0 Å². The number of carbonyl (C=O) groups is 1. The topological polar surface area (TPSA) is 46.3 Å². The van der Waals surface area contributed by atoms with Gasteiger partial charge in [-0.2, -0.15) is 0 Å². The predicted octanol–water partition coefficient (Wildman–Crippen LogP) is 3.31. The molecule has 4 heteroatoms. The molecule has 0 aliphatic rings. The molecule has 0 fully saturated rings. The number of nitrogens with zero attached hydrogens (tertiary/aromatic N) is 1. The van der Waals surface area contributed by atoms with Crippen LogP contribution in [0, 0.1) is 17.3 Å². The first-order valence-corrected chi connectivity index (χ1v) is 7.09. The summed E-state index contributed by atoms with van der Waals surface area (Å²) in [6.45, 7) is 13.4. The van der Waals surface area contributed by atoms with Gasteiger partial charge in [-0.15, -0.1) is 12.4 Å². The lowest BCUT2D eigenvalue weighted by Gasteiger charge is -2.31. The normalized spacial score (nSPS) is 13.4. The van der Waals surface area contributed by atoms with E-state index in [1.54, 1.807) is 0 Å². The SMILES string of the molecule is CC(C)CC(C)(C)C(=O)N(C)CCC(N)C(C)C.Cl. The van der Waals surface area contributed by atoms with Gasteiger partial charge < -0.3 is 10.6 Å². The monoisotopic (exact) mass is 292 g/mol. The van der Waals surface area contributed by atoms with Crippen LogP contribution in [0.5, 0.6) is 0 Å². The Hall–Kier alpha value is -0.280. The molecule has 0 radical (unpaired) electrons. The van der Waals surface area contributed by atoms with Crippen LogP contribution in [0.2, 0.25) is 0 Å². The van der Waals surface area contributed by atoms with Crippen molar-refractivity contribution in [2.45, 2.75) is 60.4 Å². The van der Waals surface area contributed by atoms with Gasteiger partial charge in [-0.3, -0.25) is 4.79 Å². The third-order valence-corrected chi connectivity index (χ3v) is 3.50. The smallest absolute Gasteiger partial charge is 0.227 e. The zero-order valence-electron chi connectivity index (χ0n) is 13.7. The average Bonchev–Trinajstić information content (AvgIpc) is 2.22. The van der Waals surface area contributed by atoms with E-state index in [4.69, 9.17) is 5.73 Å². The van der Waals surface area contributed by atoms with E-state index in [-0.39, 0.29) is 29.8 Å². The van der Waals surface area contributed by atoms with E-state index in [1.807, 2.05) is 25.8 Å². The highest BCUT2D eigenvalue weighted by Crippen LogP contribution is 2.27. The molecule has 3 nitrogen and oxygen atoms in total. The van der Waals surface area contributed by atoms with Crippen molar-refractivity contribution in [1.82, 2.24) is 4.90 Å². The summed E-state index contributed by atoms with van der Waals surface area (Å²) in [6, 6.07) is 0.175. The van der Waals surface area contributed by atoms with Gasteiger partial charge in [0.1, 0.15) is 0 Å². The maximum absolute atomic E-state index is 12.4. The minimum Gasteiger partial charge on any atom is -0.345 e. The number of hydrogen-bond donors (Lipinski definition) is 1. The van der Waals surface area contributed by atoms with Gasteiger partial charge in [0.25, 0.3) is 0 Å². The fourth-order valence-electron chi connectivity index (χ4n) is 2.40. The Morgan fingerprint density at radius 1 is 1.21 bits per heavy atom. The average molecular weight is 293 g/mol. The van der Waals surface area contributed by atoms with Gasteiger partial charge in [-0.05, 0) is 24.7 Å². The van der Waals surface area contributed by atoms with E-state index in [2.05, 4.69) is 27.7 Å². The molecule has 116 valence electrons. The Balaban J connectivity index is 0. The van der Waals surface area contributed by atoms with Crippen LogP contribution in [0.15, 0.2) is 0 Å². The molecule has 1 amide bonds. The molecule has 0 aromatic heterocycles. The number of nitrogens with two attached hydrogens (primary N) is 1. The largest absolute Gasteiger partial charge is 0.345 e. The Labute approximate surface area is 125 Å². The Morgan fingerprint density at radius 3 is 2.05 bits per heavy atom. The van der Waals surface area contributed by atoms with Crippen LogP contribution in [0.1, 0.15) is 54.4 Å². The minimum absolute atomic E-state index is 0. The van der Waals surface area contributed by atoms with Gasteiger partial charge >= 0.3 is 0 Å².